The number of carbonyl (C=O) groups is 1. The van der Waals surface area contributed by atoms with Gasteiger partial charge in [-0.05, 0) is 61.8 Å². The van der Waals surface area contributed by atoms with Crippen molar-refractivity contribution in [2.75, 3.05) is 40.4 Å². The van der Waals surface area contributed by atoms with E-state index in [4.69, 9.17) is 14.2 Å². The summed E-state index contributed by atoms with van der Waals surface area (Å²) < 4.78 is 21.1. The van der Waals surface area contributed by atoms with Gasteiger partial charge in [-0.25, -0.2) is 0 Å². The molecular formula is C25H30N4O4S. The fourth-order valence-corrected chi connectivity index (χ4v) is 4.48. The van der Waals surface area contributed by atoms with Crippen molar-refractivity contribution in [1.29, 1.82) is 0 Å². The summed E-state index contributed by atoms with van der Waals surface area (Å²) >= 11 is 1.16. The molecule has 1 amide bonds. The van der Waals surface area contributed by atoms with Gasteiger partial charge in [0.1, 0.15) is 5.75 Å². The molecule has 0 spiro atoms. The first kappa shape index (κ1) is 24.0. The number of carbonyl (C=O) groups excluding carboxylic acids is 1. The molecule has 2 heterocycles. The van der Waals surface area contributed by atoms with Crippen LogP contribution in [-0.2, 0) is 6.42 Å². The molecule has 1 aliphatic rings. The van der Waals surface area contributed by atoms with Crippen molar-refractivity contribution < 1.29 is 19.0 Å². The summed E-state index contributed by atoms with van der Waals surface area (Å²) in [6.45, 7) is 3.70. The van der Waals surface area contributed by atoms with E-state index < -0.39 is 0 Å². The van der Waals surface area contributed by atoms with Crippen LogP contribution >= 0.6 is 11.5 Å². The van der Waals surface area contributed by atoms with Crippen LogP contribution in [0.4, 0.5) is 0 Å². The second-order valence-electron chi connectivity index (χ2n) is 8.13. The molecule has 34 heavy (non-hydrogen) atoms. The summed E-state index contributed by atoms with van der Waals surface area (Å²) in [6.07, 6.45) is 4.34. The molecule has 2 aromatic carbocycles. The zero-order valence-corrected chi connectivity index (χ0v) is 20.4. The second kappa shape index (κ2) is 11.8. The van der Waals surface area contributed by atoms with Crippen LogP contribution in [-0.4, -0.2) is 60.6 Å². The normalized spacial score (nSPS) is 13.9. The molecule has 0 saturated carbocycles. The van der Waals surface area contributed by atoms with Gasteiger partial charge in [0, 0.05) is 36.6 Å². The number of likely N-dealkylation sites (tertiary alicyclic amines) is 1. The number of hydrogen-bond donors (Lipinski definition) is 1. The third-order valence-electron chi connectivity index (χ3n) is 5.73. The van der Waals surface area contributed by atoms with Crippen LogP contribution in [0.3, 0.4) is 0 Å². The average Bonchev–Trinajstić information content (AvgIpc) is 3.31. The molecule has 0 unspecified atom stereocenters. The number of nitrogens with zero attached hydrogens (tertiary/aromatic N) is 3. The fourth-order valence-electron chi connectivity index (χ4n) is 3.92. The largest absolute Gasteiger partial charge is 0.497 e. The number of nitrogens with one attached hydrogen (secondary N) is 1. The van der Waals surface area contributed by atoms with E-state index >= 15 is 0 Å². The number of methoxy groups -OCH3 is 2. The quantitative estimate of drug-likeness (QED) is 0.464. The van der Waals surface area contributed by atoms with E-state index in [1.807, 2.05) is 24.3 Å². The lowest BCUT2D eigenvalue weighted by Crippen LogP contribution is -2.37. The highest BCUT2D eigenvalue weighted by Crippen LogP contribution is 2.33. The van der Waals surface area contributed by atoms with Crippen LogP contribution in [0.15, 0.2) is 42.5 Å². The summed E-state index contributed by atoms with van der Waals surface area (Å²) in [5.41, 5.74) is 1.56. The van der Waals surface area contributed by atoms with Crippen LogP contribution in [0.5, 0.6) is 22.4 Å². The number of ether oxygens (including phenoxy) is 3. The lowest BCUT2D eigenvalue weighted by Gasteiger charge is -2.26. The minimum absolute atomic E-state index is 0.138. The molecule has 4 rings (SSSR count). The lowest BCUT2D eigenvalue weighted by molar-refractivity contribution is 0.0946. The summed E-state index contributed by atoms with van der Waals surface area (Å²) in [4.78, 5) is 19.6. The molecule has 0 aliphatic carbocycles. The zero-order chi connectivity index (χ0) is 23.8. The Morgan fingerprint density at radius 1 is 1.06 bits per heavy atom. The highest BCUT2D eigenvalue weighted by atomic mass is 32.1. The molecule has 1 N–H and O–H groups in total. The molecule has 0 atom stereocenters. The molecule has 9 heteroatoms. The number of aromatic nitrogens is 2. The van der Waals surface area contributed by atoms with E-state index in [-0.39, 0.29) is 5.91 Å². The predicted octanol–water partition coefficient (Wildman–Crippen LogP) is 4.15. The van der Waals surface area contributed by atoms with Crippen LogP contribution in [0.2, 0.25) is 0 Å². The second-order valence-corrected chi connectivity index (χ2v) is 8.85. The van der Waals surface area contributed by atoms with Gasteiger partial charge in [-0.1, -0.05) is 18.6 Å². The van der Waals surface area contributed by atoms with Gasteiger partial charge in [0.15, 0.2) is 17.3 Å². The van der Waals surface area contributed by atoms with Gasteiger partial charge in [0.2, 0.25) is 0 Å². The molecule has 0 bridgehead atoms. The van der Waals surface area contributed by atoms with E-state index in [2.05, 4.69) is 19.6 Å². The summed E-state index contributed by atoms with van der Waals surface area (Å²) in [7, 11) is 3.21. The van der Waals surface area contributed by atoms with Crippen LogP contribution in [0.25, 0.3) is 0 Å². The Hall–Kier alpha value is -3.17. The maximum Gasteiger partial charge on any atom is 0.298 e. The van der Waals surface area contributed by atoms with Crippen LogP contribution in [0.1, 0.15) is 41.0 Å². The maximum absolute atomic E-state index is 12.7. The van der Waals surface area contributed by atoms with Crippen LogP contribution < -0.4 is 19.5 Å². The molecule has 0 radical (unpaired) electrons. The standard InChI is InChI=1S/C25H30N4O4S/c1-31-20-8-6-7-18(15-20)16-23-27-25(34-28-23)33-22-17-19(9-10-21(22)32-2)24(30)26-11-14-29-12-4-3-5-13-29/h6-10,15,17H,3-5,11-14,16H2,1-2H3,(H,26,30). The van der Waals surface area contributed by atoms with E-state index in [1.165, 1.54) is 19.3 Å². The Bertz CT molecular complexity index is 1100. The molecule has 180 valence electrons. The monoisotopic (exact) mass is 482 g/mol. The average molecular weight is 483 g/mol. The van der Waals surface area contributed by atoms with Crippen molar-refractivity contribution in [3.63, 3.8) is 0 Å². The van der Waals surface area contributed by atoms with Crippen molar-refractivity contribution in [3.8, 4) is 22.4 Å². The number of hydrogen-bond acceptors (Lipinski definition) is 8. The smallest absolute Gasteiger partial charge is 0.298 e. The van der Waals surface area contributed by atoms with Crippen molar-refractivity contribution >= 4 is 17.4 Å². The summed E-state index contributed by atoms with van der Waals surface area (Å²) in [5.74, 6) is 2.25. The van der Waals surface area contributed by atoms with Gasteiger partial charge in [0.05, 0.1) is 14.2 Å². The maximum atomic E-state index is 12.7. The highest BCUT2D eigenvalue weighted by Gasteiger charge is 2.15. The number of piperidine rings is 1. The van der Waals surface area contributed by atoms with Gasteiger partial charge in [-0.2, -0.15) is 9.36 Å². The predicted molar refractivity (Wildman–Crippen MR) is 131 cm³/mol. The van der Waals surface area contributed by atoms with Crippen LogP contribution in [0, 0.1) is 0 Å². The number of benzene rings is 2. The zero-order valence-electron chi connectivity index (χ0n) is 19.6. The Morgan fingerprint density at radius 2 is 1.91 bits per heavy atom. The van der Waals surface area contributed by atoms with E-state index in [0.717, 1.165) is 42.5 Å². The van der Waals surface area contributed by atoms with Gasteiger partial charge < -0.3 is 24.4 Å². The first-order valence-electron chi connectivity index (χ1n) is 11.5. The topological polar surface area (TPSA) is 85.8 Å². The molecule has 3 aromatic rings. The lowest BCUT2D eigenvalue weighted by atomic mass is 10.1. The molecule has 8 nitrogen and oxygen atoms in total. The molecule has 1 aromatic heterocycles. The van der Waals surface area contributed by atoms with Gasteiger partial charge in [0.25, 0.3) is 11.1 Å². The van der Waals surface area contributed by atoms with E-state index in [1.54, 1.807) is 32.4 Å². The first-order chi connectivity index (χ1) is 16.6. The van der Waals surface area contributed by atoms with Gasteiger partial charge in [-0.3, -0.25) is 4.79 Å². The molecule has 1 saturated heterocycles. The Balaban J connectivity index is 1.38. The minimum Gasteiger partial charge on any atom is -0.497 e. The fraction of sp³-hybridized carbons (Fsp3) is 0.400. The Labute approximate surface area is 204 Å². The van der Waals surface area contributed by atoms with Crippen molar-refractivity contribution in [3.05, 3.63) is 59.4 Å². The third-order valence-corrected chi connectivity index (χ3v) is 6.36. The number of amides is 1. The SMILES string of the molecule is COc1cccc(Cc2nsc(Oc3cc(C(=O)NCCN4CCCCC4)ccc3OC)n2)c1. The van der Waals surface area contributed by atoms with Gasteiger partial charge >= 0.3 is 0 Å². The molecular weight excluding hydrogens is 452 g/mol. The van der Waals surface area contributed by atoms with Crippen molar-refractivity contribution in [1.82, 2.24) is 19.6 Å². The highest BCUT2D eigenvalue weighted by molar-refractivity contribution is 7.07. The Morgan fingerprint density at radius 3 is 2.71 bits per heavy atom. The molecule has 1 fully saturated rings. The molecule has 1 aliphatic heterocycles. The van der Waals surface area contributed by atoms with Crippen molar-refractivity contribution in [2.24, 2.45) is 0 Å². The number of rotatable bonds is 10. The summed E-state index contributed by atoms with van der Waals surface area (Å²) in [6, 6.07) is 12.9. The first-order valence-corrected chi connectivity index (χ1v) is 12.2. The van der Waals surface area contributed by atoms with Crippen molar-refractivity contribution in [2.45, 2.75) is 25.7 Å². The van der Waals surface area contributed by atoms with E-state index in [9.17, 15) is 4.79 Å². The third kappa shape index (κ3) is 6.45. The minimum atomic E-state index is -0.138. The Kier molecular flexibility index (Phi) is 8.32. The summed E-state index contributed by atoms with van der Waals surface area (Å²) in [5, 5.41) is 3.39. The van der Waals surface area contributed by atoms with E-state index in [0.29, 0.717) is 41.0 Å². The van der Waals surface area contributed by atoms with Gasteiger partial charge in [-0.15, -0.1) is 0 Å².